The molecule has 2 heterocycles. The number of nitrogens with zero attached hydrogens (tertiary/aromatic N) is 2. The summed E-state index contributed by atoms with van der Waals surface area (Å²) in [6.07, 6.45) is -4.46. The number of hydrogen-bond acceptors (Lipinski definition) is 5. The molecule has 3 aromatic rings. The van der Waals surface area contributed by atoms with Crippen LogP contribution in [0, 0.1) is 0 Å². The van der Waals surface area contributed by atoms with Crippen molar-refractivity contribution in [2.45, 2.75) is 23.7 Å². The SMILES string of the molecule is O=C(c1ccc(OC(F)(F)F)cc1)N1CCc2cc(S(=O)(=O)N3CC(c4ccccc4)NC3=O)ccc21. The second-order valence-electron chi connectivity index (χ2n) is 8.52. The normalized spacial score (nSPS) is 17.5. The number of carbonyl (C=O) groups excluding carboxylic acids is 2. The van der Waals surface area contributed by atoms with Crippen molar-refractivity contribution in [2.75, 3.05) is 18.0 Å². The Morgan fingerprint density at radius 1 is 1.00 bits per heavy atom. The molecule has 1 fully saturated rings. The molecule has 0 radical (unpaired) electrons. The number of alkyl halides is 3. The number of carbonyl (C=O) groups is 2. The smallest absolute Gasteiger partial charge is 0.406 e. The monoisotopic (exact) mass is 531 g/mol. The number of sulfonamides is 1. The molecule has 1 saturated heterocycles. The van der Waals surface area contributed by atoms with E-state index in [0.29, 0.717) is 17.7 Å². The Morgan fingerprint density at radius 2 is 1.70 bits per heavy atom. The topological polar surface area (TPSA) is 96.0 Å². The summed E-state index contributed by atoms with van der Waals surface area (Å²) in [6.45, 7) is 0.208. The molecule has 8 nitrogen and oxygen atoms in total. The maximum Gasteiger partial charge on any atom is 0.573 e. The number of urea groups is 1. The number of fused-ring (bicyclic) bond motifs is 1. The minimum atomic E-state index is -4.84. The average Bonchev–Trinajstić information content (AvgIpc) is 3.47. The van der Waals surface area contributed by atoms with Crippen molar-refractivity contribution in [1.29, 1.82) is 0 Å². The Morgan fingerprint density at radius 3 is 2.38 bits per heavy atom. The van der Waals surface area contributed by atoms with Crippen molar-refractivity contribution < 1.29 is 35.9 Å². The molecule has 3 amide bonds. The summed E-state index contributed by atoms with van der Waals surface area (Å²) in [6, 6.07) is 16.7. The first-order chi connectivity index (χ1) is 17.5. The quantitative estimate of drug-likeness (QED) is 0.531. The molecule has 5 rings (SSSR count). The maximum absolute atomic E-state index is 13.3. The van der Waals surface area contributed by atoms with E-state index in [4.69, 9.17) is 0 Å². The Kier molecular flexibility index (Phi) is 6.06. The number of benzene rings is 3. The number of anilines is 1. The number of ether oxygens (including phenoxy) is 1. The van der Waals surface area contributed by atoms with Gasteiger partial charge in [-0.25, -0.2) is 17.5 Å². The third kappa shape index (κ3) is 4.84. The van der Waals surface area contributed by atoms with Gasteiger partial charge in [-0.05, 0) is 60.0 Å². The molecule has 1 unspecified atom stereocenters. The van der Waals surface area contributed by atoms with Gasteiger partial charge in [0.1, 0.15) is 5.75 Å². The van der Waals surface area contributed by atoms with E-state index in [1.54, 1.807) is 24.3 Å². The van der Waals surface area contributed by atoms with Gasteiger partial charge >= 0.3 is 12.4 Å². The van der Waals surface area contributed by atoms with Crippen molar-refractivity contribution in [3.63, 3.8) is 0 Å². The Hall–Kier alpha value is -4.06. The average molecular weight is 532 g/mol. The van der Waals surface area contributed by atoms with Crippen LogP contribution in [-0.4, -0.2) is 44.1 Å². The van der Waals surface area contributed by atoms with Crippen molar-refractivity contribution in [1.82, 2.24) is 9.62 Å². The Balaban J connectivity index is 1.34. The minimum absolute atomic E-state index is 0.0546. The van der Waals surface area contributed by atoms with Crippen LogP contribution in [0.25, 0.3) is 0 Å². The van der Waals surface area contributed by atoms with E-state index in [-0.39, 0.29) is 23.5 Å². The molecule has 0 aliphatic carbocycles. The van der Waals surface area contributed by atoms with Crippen LogP contribution in [0.3, 0.4) is 0 Å². The minimum Gasteiger partial charge on any atom is -0.406 e. The van der Waals surface area contributed by atoms with Gasteiger partial charge in [0.15, 0.2) is 0 Å². The van der Waals surface area contributed by atoms with Crippen LogP contribution < -0.4 is 15.0 Å². The largest absolute Gasteiger partial charge is 0.573 e. The lowest BCUT2D eigenvalue weighted by Gasteiger charge is -2.19. The highest BCUT2D eigenvalue weighted by molar-refractivity contribution is 7.89. The van der Waals surface area contributed by atoms with Crippen molar-refractivity contribution in [3.8, 4) is 5.75 Å². The number of rotatable bonds is 5. The molecule has 1 atom stereocenters. The van der Waals surface area contributed by atoms with Gasteiger partial charge in [-0.2, -0.15) is 0 Å². The molecule has 0 spiro atoms. The molecular formula is C25H20F3N3O5S. The molecule has 12 heteroatoms. The van der Waals surface area contributed by atoms with Crippen molar-refractivity contribution in [2.24, 2.45) is 0 Å². The fraction of sp³-hybridized carbons (Fsp3) is 0.200. The van der Waals surface area contributed by atoms with Crippen LogP contribution in [0.15, 0.2) is 77.7 Å². The fourth-order valence-corrected chi connectivity index (χ4v) is 5.83. The van der Waals surface area contributed by atoms with Crippen LogP contribution in [0.1, 0.15) is 27.5 Å². The zero-order valence-electron chi connectivity index (χ0n) is 19.1. The highest BCUT2D eigenvalue weighted by Crippen LogP contribution is 2.34. The van der Waals surface area contributed by atoms with E-state index in [1.165, 1.54) is 35.2 Å². The molecule has 0 aromatic heterocycles. The summed E-state index contributed by atoms with van der Waals surface area (Å²) in [5.74, 6) is -0.890. The number of hydrogen-bond donors (Lipinski definition) is 1. The van der Waals surface area contributed by atoms with E-state index >= 15 is 0 Å². The second-order valence-corrected chi connectivity index (χ2v) is 10.4. The van der Waals surface area contributed by atoms with Gasteiger partial charge < -0.3 is 15.0 Å². The predicted molar refractivity (Wildman–Crippen MR) is 127 cm³/mol. The highest BCUT2D eigenvalue weighted by atomic mass is 32.2. The van der Waals surface area contributed by atoms with Crippen LogP contribution >= 0.6 is 0 Å². The van der Waals surface area contributed by atoms with Gasteiger partial charge in [0, 0.05) is 17.8 Å². The first-order valence-electron chi connectivity index (χ1n) is 11.2. The van der Waals surface area contributed by atoms with Crippen LogP contribution in [0.5, 0.6) is 5.75 Å². The first-order valence-corrected chi connectivity index (χ1v) is 12.7. The summed E-state index contributed by atoms with van der Waals surface area (Å²) < 4.78 is 68.3. The van der Waals surface area contributed by atoms with E-state index in [1.807, 2.05) is 6.07 Å². The fourth-order valence-electron chi connectivity index (χ4n) is 4.43. The van der Waals surface area contributed by atoms with E-state index in [0.717, 1.165) is 22.0 Å². The lowest BCUT2D eigenvalue weighted by Crippen LogP contribution is -2.34. The van der Waals surface area contributed by atoms with Gasteiger partial charge in [0.05, 0.1) is 17.5 Å². The number of amides is 3. The molecule has 2 aliphatic heterocycles. The van der Waals surface area contributed by atoms with E-state index in [2.05, 4.69) is 10.1 Å². The third-order valence-electron chi connectivity index (χ3n) is 6.19. The summed E-state index contributed by atoms with van der Waals surface area (Å²) in [5.41, 5.74) is 2.03. The van der Waals surface area contributed by atoms with Gasteiger partial charge in [0.25, 0.3) is 15.9 Å². The Bertz CT molecular complexity index is 1460. The summed E-state index contributed by atoms with van der Waals surface area (Å²) >= 11 is 0. The molecule has 3 aromatic carbocycles. The molecule has 192 valence electrons. The lowest BCUT2D eigenvalue weighted by atomic mass is 10.1. The van der Waals surface area contributed by atoms with Crippen LogP contribution in [-0.2, 0) is 16.4 Å². The van der Waals surface area contributed by atoms with Crippen molar-refractivity contribution in [3.05, 3.63) is 89.5 Å². The third-order valence-corrected chi connectivity index (χ3v) is 7.93. The standard InChI is InChI=1S/C25H20F3N3O5S/c26-25(27,28)36-19-8-6-17(7-9-19)23(32)30-13-12-18-14-20(10-11-22(18)30)37(34,35)31-15-21(29-24(31)33)16-4-2-1-3-5-16/h1-11,14,21H,12-13,15H2,(H,29,33). The zero-order chi connectivity index (χ0) is 26.4. The number of nitrogens with one attached hydrogen (secondary N) is 1. The van der Waals surface area contributed by atoms with Gasteiger partial charge in [-0.15, -0.1) is 13.2 Å². The van der Waals surface area contributed by atoms with Crippen LogP contribution in [0.2, 0.25) is 0 Å². The van der Waals surface area contributed by atoms with Crippen molar-refractivity contribution >= 4 is 27.6 Å². The summed E-state index contributed by atoms with van der Waals surface area (Å²) in [5, 5.41) is 2.69. The van der Waals surface area contributed by atoms with E-state index < -0.39 is 40.1 Å². The lowest BCUT2D eigenvalue weighted by molar-refractivity contribution is -0.274. The molecule has 0 bridgehead atoms. The second kappa shape index (κ2) is 9.11. The number of halogens is 3. The summed E-state index contributed by atoms with van der Waals surface area (Å²) in [7, 11) is -4.15. The van der Waals surface area contributed by atoms with E-state index in [9.17, 15) is 31.2 Å². The molecule has 2 aliphatic rings. The highest BCUT2D eigenvalue weighted by Gasteiger charge is 2.39. The Labute approximate surface area is 210 Å². The first kappa shape index (κ1) is 24.6. The molecule has 37 heavy (non-hydrogen) atoms. The van der Waals surface area contributed by atoms with Gasteiger partial charge in [-0.1, -0.05) is 30.3 Å². The molecular weight excluding hydrogens is 511 g/mol. The molecule has 1 N–H and O–H groups in total. The van der Waals surface area contributed by atoms with Crippen LogP contribution in [0.4, 0.5) is 23.7 Å². The maximum atomic E-state index is 13.3. The van der Waals surface area contributed by atoms with Gasteiger partial charge in [-0.3, -0.25) is 4.79 Å². The molecule has 0 saturated carbocycles. The zero-order valence-corrected chi connectivity index (χ0v) is 19.9. The predicted octanol–water partition coefficient (Wildman–Crippen LogP) is 4.24. The summed E-state index contributed by atoms with van der Waals surface area (Å²) in [4.78, 5) is 26.9. The van der Waals surface area contributed by atoms with Gasteiger partial charge in [0.2, 0.25) is 0 Å².